The Bertz CT molecular complexity index is 342. The summed E-state index contributed by atoms with van der Waals surface area (Å²) in [5.74, 6) is -0.0281. The number of nitrogens with zero attached hydrogens (tertiary/aromatic N) is 2. The Kier molecular flexibility index (Phi) is 4.80. The van der Waals surface area contributed by atoms with Gasteiger partial charge in [-0.25, -0.2) is 0 Å². The van der Waals surface area contributed by atoms with Gasteiger partial charge in [0, 0.05) is 25.7 Å². The molecule has 0 aromatic rings. The standard InChI is InChI=1S/C14H24N2O3/c1-11-3-2-7-16(9-11)13(17)10-15(12-4-5-12)8-6-14(18)19/h11-12H,2-10H2,1H3,(H,18,19). The summed E-state index contributed by atoms with van der Waals surface area (Å²) in [6.07, 6.45) is 4.62. The minimum Gasteiger partial charge on any atom is -0.481 e. The summed E-state index contributed by atoms with van der Waals surface area (Å²) in [5, 5.41) is 8.76. The Hall–Kier alpha value is -1.10. The van der Waals surface area contributed by atoms with Crippen LogP contribution in [0.1, 0.15) is 39.0 Å². The van der Waals surface area contributed by atoms with Gasteiger partial charge in [-0.15, -0.1) is 0 Å². The highest BCUT2D eigenvalue weighted by molar-refractivity contribution is 5.78. The lowest BCUT2D eigenvalue weighted by atomic mass is 10.0. The van der Waals surface area contributed by atoms with E-state index in [0.29, 0.717) is 25.0 Å². The van der Waals surface area contributed by atoms with Crippen molar-refractivity contribution in [3.63, 3.8) is 0 Å². The van der Waals surface area contributed by atoms with Crippen LogP contribution in [0.25, 0.3) is 0 Å². The van der Waals surface area contributed by atoms with Gasteiger partial charge in [0.15, 0.2) is 0 Å². The van der Waals surface area contributed by atoms with Crippen molar-refractivity contribution < 1.29 is 14.7 Å². The molecule has 1 unspecified atom stereocenters. The molecule has 19 heavy (non-hydrogen) atoms. The summed E-state index contributed by atoms with van der Waals surface area (Å²) in [6, 6.07) is 0.436. The fraction of sp³-hybridized carbons (Fsp3) is 0.857. The maximum atomic E-state index is 12.3. The molecule has 1 amide bonds. The van der Waals surface area contributed by atoms with Gasteiger partial charge < -0.3 is 10.0 Å². The molecule has 1 saturated heterocycles. The Morgan fingerprint density at radius 1 is 1.32 bits per heavy atom. The summed E-state index contributed by atoms with van der Waals surface area (Å²) in [7, 11) is 0. The van der Waals surface area contributed by atoms with E-state index in [2.05, 4.69) is 11.8 Å². The van der Waals surface area contributed by atoms with E-state index < -0.39 is 5.97 Å². The predicted molar refractivity (Wildman–Crippen MR) is 71.8 cm³/mol. The van der Waals surface area contributed by atoms with Crippen molar-refractivity contribution in [3.8, 4) is 0 Å². The van der Waals surface area contributed by atoms with Gasteiger partial charge in [-0.05, 0) is 31.6 Å². The lowest BCUT2D eigenvalue weighted by Crippen LogP contribution is -2.45. The Morgan fingerprint density at radius 3 is 2.63 bits per heavy atom. The average Bonchev–Trinajstić information content (AvgIpc) is 3.18. The summed E-state index contributed by atoms with van der Waals surface area (Å²) >= 11 is 0. The van der Waals surface area contributed by atoms with Crippen LogP contribution < -0.4 is 0 Å². The summed E-state index contributed by atoms with van der Waals surface area (Å²) in [5.41, 5.74) is 0. The highest BCUT2D eigenvalue weighted by atomic mass is 16.4. The molecule has 1 heterocycles. The van der Waals surface area contributed by atoms with Crippen LogP contribution in [0.4, 0.5) is 0 Å². The van der Waals surface area contributed by atoms with E-state index in [4.69, 9.17) is 5.11 Å². The highest BCUT2D eigenvalue weighted by Crippen LogP contribution is 2.27. The number of carboxylic acids is 1. The van der Waals surface area contributed by atoms with Crippen LogP contribution >= 0.6 is 0 Å². The van der Waals surface area contributed by atoms with Crippen molar-refractivity contribution in [2.45, 2.75) is 45.1 Å². The number of amides is 1. The lowest BCUT2D eigenvalue weighted by Gasteiger charge is -2.33. The number of piperidine rings is 1. The molecule has 5 heteroatoms. The van der Waals surface area contributed by atoms with Gasteiger partial charge >= 0.3 is 5.97 Å². The summed E-state index contributed by atoms with van der Waals surface area (Å²) < 4.78 is 0. The first kappa shape index (κ1) is 14.3. The Balaban J connectivity index is 1.82. The molecule has 1 aliphatic carbocycles. The molecule has 5 nitrogen and oxygen atoms in total. The molecule has 0 spiro atoms. The number of carbonyl (C=O) groups is 2. The van der Waals surface area contributed by atoms with Crippen molar-refractivity contribution in [1.82, 2.24) is 9.80 Å². The van der Waals surface area contributed by atoms with E-state index in [1.54, 1.807) is 0 Å². The number of hydrogen-bond donors (Lipinski definition) is 1. The largest absolute Gasteiger partial charge is 0.481 e. The van der Waals surface area contributed by atoms with E-state index in [0.717, 1.165) is 32.4 Å². The van der Waals surface area contributed by atoms with Gasteiger partial charge in [-0.2, -0.15) is 0 Å². The van der Waals surface area contributed by atoms with Crippen molar-refractivity contribution in [2.75, 3.05) is 26.2 Å². The van der Waals surface area contributed by atoms with E-state index >= 15 is 0 Å². The number of rotatable bonds is 6. The smallest absolute Gasteiger partial charge is 0.304 e. The molecule has 2 rings (SSSR count). The first-order valence-corrected chi connectivity index (χ1v) is 7.30. The number of aliphatic carboxylic acids is 1. The third kappa shape index (κ3) is 4.49. The predicted octanol–water partition coefficient (Wildman–Crippen LogP) is 1.18. The van der Waals surface area contributed by atoms with E-state index in [1.807, 2.05) is 4.90 Å². The second kappa shape index (κ2) is 6.37. The normalized spacial score (nSPS) is 23.7. The average molecular weight is 268 g/mol. The molecular formula is C14H24N2O3. The molecule has 0 aromatic carbocycles. The molecule has 1 atom stereocenters. The zero-order valence-corrected chi connectivity index (χ0v) is 11.7. The number of carbonyl (C=O) groups excluding carboxylic acids is 1. The van der Waals surface area contributed by atoms with E-state index in [1.165, 1.54) is 6.42 Å². The number of hydrogen-bond acceptors (Lipinski definition) is 3. The van der Waals surface area contributed by atoms with Gasteiger partial charge in [-0.3, -0.25) is 14.5 Å². The summed E-state index contributed by atoms with van der Waals surface area (Å²) in [6.45, 7) is 4.79. The van der Waals surface area contributed by atoms with Gasteiger partial charge in [0.05, 0.1) is 13.0 Å². The number of likely N-dealkylation sites (tertiary alicyclic amines) is 1. The van der Waals surface area contributed by atoms with Gasteiger partial charge in [-0.1, -0.05) is 6.92 Å². The molecule has 1 aliphatic heterocycles. The van der Waals surface area contributed by atoms with Crippen molar-refractivity contribution >= 4 is 11.9 Å². The van der Waals surface area contributed by atoms with Crippen LogP contribution in [0.5, 0.6) is 0 Å². The third-order valence-corrected chi connectivity index (χ3v) is 4.02. The van der Waals surface area contributed by atoms with E-state index in [9.17, 15) is 9.59 Å². The maximum Gasteiger partial charge on any atom is 0.304 e. The minimum atomic E-state index is -0.787. The second-order valence-electron chi connectivity index (χ2n) is 5.93. The van der Waals surface area contributed by atoms with Gasteiger partial charge in [0.1, 0.15) is 0 Å². The van der Waals surface area contributed by atoms with Crippen LogP contribution in [-0.2, 0) is 9.59 Å². The summed E-state index contributed by atoms with van der Waals surface area (Å²) in [4.78, 5) is 26.9. The fourth-order valence-electron chi connectivity index (χ4n) is 2.76. The second-order valence-corrected chi connectivity index (χ2v) is 5.93. The molecule has 1 N–H and O–H groups in total. The Morgan fingerprint density at radius 2 is 2.05 bits per heavy atom. The molecule has 0 bridgehead atoms. The lowest BCUT2D eigenvalue weighted by molar-refractivity contribution is -0.139. The molecule has 2 aliphatic rings. The van der Waals surface area contributed by atoms with Crippen molar-refractivity contribution in [2.24, 2.45) is 5.92 Å². The molecule has 1 saturated carbocycles. The zero-order valence-electron chi connectivity index (χ0n) is 11.7. The monoisotopic (exact) mass is 268 g/mol. The quantitative estimate of drug-likeness (QED) is 0.786. The van der Waals surface area contributed by atoms with Crippen molar-refractivity contribution in [3.05, 3.63) is 0 Å². The molecule has 2 fully saturated rings. The van der Waals surface area contributed by atoms with Gasteiger partial charge in [0.2, 0.25) is 5.91 Å². The highest BCUT2D eigenvalue weighted by Gasteiger charge is 2.32. The SMILES string of the molecule is CC1CCCN(C(=O)CN(CCC(=O)O)C2CC2)C1. The molecular weight excluding hydrogens is 244 g/mol. The van der Waals surface area contributed by atoms with Crippen LogP contribution in [-0.4, -0.2) is 59.0 Å². The van der Waals surface area contributed by atoms with Crippen LogP contribution in [0.15, 0.2) is 0 Å². The van der Waals surface area contributed by atoms with Crippen LogP contribution in [0.2, 0.25) is 0 Å². The van der Waals surface area contributed by atoms with Gasteiger partial charge in [0.25, 0.3) is 0 Å². The molecule has 0 aromatic heterocycles. The van der Waals surface area contributed by atoms with E-state index in [-0.39, 0.29) is 12.3 Å². The third-order valence-electron chi connectivity index (χ3n) is 4.02. The maximum absolute atomic E-state index is 12.3. The van der Waals surface area contributed by atoms with Crippen LogP contribution in [0.3, 0.4) is 0 Å². The first-order valence-electron chi connectivity index (χ1n) is 7.30. The minimum absolute atomic E-state index is 0.125. The Labute approximate surface area is 114 Å². The number of carboxylic acid groups (broad SMARTS) is 1. The molecule has 0 radical (unpaired) electrons. The molecule has 108 valence electrons. The van der Waals surface area contributed by atoms with Crippen molar-refractivity contribution in [1.29, 1.82) is 0 Å². The fourth-order valence-corrected chi connectivity index (χ4v) is 2.76. The van der Waals surface area contributed by atoms with Crippen LogP contribution in [0, 0.1) is 5.92 Å². The topological polar surface area (TPSA) is 60.9 Å². The zero-order chi connectivity index (χ0) is 13.8. The first-order chi connectivity index (χ1) is 9.06.